The van der Waals surface area contributed by atoms with Gasteiger partial charge in [0.25, 0.3) is 10.0 Å². The average Bonchev–Trinajstić information content (AvgIpc) is 2.33. The lowest BCUT2D eigenvalue weighted by molar-refractivity contribution is 0.600. The van der Waals surface area contributed by atoms with Crippen molar-refractivity contribution in [1.82, 2.24) is 9.97 Å². The van der Waals surface area contributed by atoms with E-state index >= 15 is 0 Å². The fourth-order valence-electron chi connectivity index (χ4n) is 1.17. The first-order valence-electron chi connectivity index (χ1n) is 4.72. The summed E-state index contributed by atoms with van der Waals surface area (Å²) in [6, 6.07) is 6.05. The van der Waals surface area contributed by atoms with Gasteiger partial charge in [0.2, 0.25) is 0 Å². The van der Waals surface area contributed by atoms with Crippen molar-refractivity contribution in [2.24, 2.45) is 0 Å². The molecule has 0 fully saturated rings. The van der Waals surface area contributed by atoms with Crippen molar-refractivity contribution in [1.29, 1.82) is 0 Å². The Morgan fingerprint density at radius 1 is 1.18 bits per heavy atom. The number of nitrogen functional groups attached to an aromatic ring is 1. The number of aromatic nitrogens is 2. The predicted molar refractivity (Wildman–Crippen MR) is 63.7 cm³/mol. The van der Waals surface area contributed by atoms with Crippen LogP contribution in [0.3, 0.4) is 0 Å². The van der Waals surface area contributed by atoms with Crippen LogP contribution in [-0.4, -0.2) is 18.4 Å². The lowest BCUT2D eigenvalue weighted by Crippen LogP contribution is -2.14. The molecule has 17 heavy (non-hydrogen) atoms. The molecule has 0 aliphatic heterocycles. The van der Waals surface area contributed by atoms with Crippen LogP contribution in [0.15, 0.2) is 47.8 Å². The zero-order chi connectivity index (χ0) is 12.3. The summed E-state index contributed by atoms with van der Waals surface area (Å²) in [6.07, 6.45) is 4.14. The first-order valence-corrected chi connectivity index (χ1v) is 6.20. The van der Waals surface area contributed by atoms with Crippen LogP contribution in [0.2, 0.25) is 0 Å². The van der Waals surface area contributed by atoms with E-state index in [1.165, 1.54) is 30.7 Å². The second kappa shape index (κ2) is 4.38. The van der Waals surface area contributed by atoms with E-state index < -0.39 is 10.0 Å². The van der Waals surface area contributed by atoms with Gasteiger partial charge in [-0.25, -0.2) is 13.4 Å². The first kappa shape index (κ1) is 11.3. The molecule has 3 N–H and O–H groups in total. The smallest absolute Gasteiger partial charge is 0.264 e. The standard InChI is InChI=1S/C10H10N4O2S/c11-8-3-4-10(13-6-8)14-17(15,16)9-2-1-5-12-7-9/h1-7H,11H2,(H,13,14). The van der Waals surface area contributed by atoms with E-state index in [1.54, 1.807) is 12.1 Å². The van der Waals surface area contributed by atoms with E-state index in [0.717, 1.165) is 0 Å². The highest BCUT2D eigenvalue weighted by atomic mass is 32.2. The highest BCUT2D eigenvalue weighted by Gasteiger charge is 2.14. The Morgan fingerprint density at radius 3 is 2.59 bits per heavy atom. The van der Waals surface area contributed by atoms with Gasteiger partial charge in [-0.1, -0.05) is 0 Å². The molecule has 0 aliphatic rings. The van der Waals surface area contributed by atoms with Crippen LogP contribution < -0.4 is 10.5 Å². The topological polar surface area (TPSA) is 98.0 Å². The molecule has 2 aromatic rings. The van der Waals surface area contributed by atoms with E-state index in [-0.39, 0.29) is 10.7 Å². The number of rotatable bonds is 3. The van der Waals surface area contributed by atoms with Crippen molar-refractivity contribution in [2.45, 2.75) is 4.90 Å². The molecule has 88 valence electrons. The number of anilines is 2. The number of nitrogens with one attached hydrogen (secondary N) is 1. The molecule has 0 saturated carbocycles. The summed E-state index contributed by atoms with van der Waals surface area (Å²) in [5.41, 5.74) is 5.92. The molecular formula is C10H10N4O2S. The number of hydrogen-bond donors (Lipinski definition) is 2. The molecule has 0 amide bonds. The number of pyridine rings is 2. The molecule has 7 heteroatoms. The quantitative estimate of drug-likeness (QED) is 0.841. The van der Waals surface area contributed by atoms with Crippen LogP contribution >= 0.6 is 0 Å². The Balaban J connectivity index is 2.27. The van der Waals surface area contributed by atoms with Gasteiger partial charge in [-0.3, -0.25) is 9.71 Å². The van der Waals surface area contributed by atoms with Crippen LogP contribution in [0.5, 0.6) is 0 Å². The van der Waals surface area contributed by atoms with Crippen LogP contribution in [-0.2, 0) is 10.0 Å². The first-order chi connectivity index (χ1) is 8.08. The summed E-state index contributed by atoms with van der Waals surface area (Å²) >= 11 is 0. The van der Waals surface area contributed by atoms with E-state index in [2.05, 4.69) is 14.7 Å². The van der Waals surface area contributed by atoms with Gasteiger partial charge in [-0.2, -0.15) is 0 Å². The normalized spacial score (nSPS) is 11.1. The van der Waals surface area contributed by atoms with Crippen molar-refractivity contribution < 1.29 is 8.42 Å². The molecule has 0 radical (unpaired) electrons. The monoisotopic (exact) mass is 250 g/mol. The van der Waals surface area contributed by atoms with Gasteiger partial charge in [0, 0.05) is 12.4 Å². The second-order valence-corrected chi connectivity index (χ2v) is 4.95. The van der Waals surface area contributed by atoms with Crippen LogP contribution in [0.4, 0.5) is 11.5 Å². The molecule has 0 unspecified atom stereocenters. The molecule has 0 aromatic carbocycles. The largest absolute Gasteiger partial charge is 0.397 e. The van der Waals surface area contributed by atoms with Crippen molar-refractivity contribution in [2.75, 3.05) is 10.5 Å². The van der Waals surface area contributed by atoms with Crippen molar-refractivity contribution in [3.8, 4) is 0 Å². The third-order valence-electron chi connectivity index (χ3n) is 1.97. The van der Waals surface area contributed by atoms with Gasteiger partial charge in [0.05, 0.1) is 11.9 Å². The van der Waals surface area contributed by atoms with E-state index in [1.807, 2.05) is 0 Å². The Kier molecular flexibility index (Phi) is 2.92. The number of sulfonamides is 1. The Labute approximate surface area is 98.6 Å². The van der Waals surface area contributed by atoms with Gasteiger partial charge in [-0.05, 0) is 24.3 Å². The fourth-order valence-corrected chi connectivity index (χ4v) is 2.14. The molecule has 0 spiro atoms. The van der Waals surface area contributed by atoms with Gasteiger partial charge in [0.15, 0.2) is 0 Å². The number of hydrogen-bond acceptors (Lipinski definition) is 5. The molecule has 0 aliphatic carbocycles. The average molecular weight is 250 g/mol. The summed E-state index contributed by atoms with van der Waals surface area (Å²) in [4.78, 5) is 7.68. The van der Waals surface area contributed by atoms with E-state index in [0.29, 0.717) is 5.69 Å². The molecule has 0 bridgehead atoms. The number of nitrogens with two attached hydrogens (primary N) is 1. The van der Waals surface area contributed by atoms with Gasteiger partial charge < -0.3 is 5.73 Å². The van der Waals surface area contributed by atoms with Crippen molar-refractivity contribution in [3.63, 3.8) is 0 Å². The predicted octanol–water partition coefficient (Wildman–Crippen LogP) is 0.860. The van der Waals surface area contributed by atoms with Gasteiger partial charge >= 0.3 is 0 Å². The van der Waals surface area contributed by atoms with E-state index in [9.17, 15) is 8.42 Å². The van der Waals surface area contributed by atoms with Crippen molar-refractivity contribution in [3.05, 3.63) is 42.9 Å². The summed E-state index contributed by atoms with van der Waals surface area (Å²) in [5, 5.41) is 0. The molecule has 2 rings (SSSR count). The maximum Gasteiger partial charge on any atom is 0.264 e. The molecule has 2 heterocycles. The maximum atomic E-state index is 11.9. The minimum Gasteiger partial charge on any atom is -0.397 e. The second-order valence-electron chi connectivity index (χ2n) is 3.27. The molecular weight excluding hydrogens is 240 g/mol. The zero-order valence-electron chi connectivity index (χ0n) is 8.74. The zero-order valence-corrected chi connectivity index (χ0v) is 9.55. The summed E-state index contributed by atoms with van der Waals surface area (Å²) in [6.45, 7) is 0. The van der Waals surface area contributed by atoms with Crippen LogP contribution in [0, 0.1) is 0 Å². The molecule has 2 aromatic heterocycles. The highest BCUT2D eigenvalue weighted by Crippen LogP contribution is 2.13. The third kappa shape index (κ3) is 2.70. The van der Waals surface area contributed by atoms with Gasteiger partial charge in [-0.15, -0.1) is 0 Å². The summed E-state index contributed by atoms with van der Waals surface area (Å²) in [7, 11) is -3.64. The third-order valence-corrected chi connectivity index (χ3v) is 3.31. The highest BCUT2D eigenvalue weighted by molar-refractivity contribution is 7.92. The van der Waals surface area contributed by atoms with E-state index in [4.69, 9.17) is 5.73 Å². The minimum atomic E-state index is -3.64. The summed E-state index contributed by atoms with van der Waals surface area (Å²) in [5.74, 6) is 0.211. The Bertz CT molecular complexity index is 596. The van der Waals surface area contributed by atoms with Gasteiger partial charge in [0.1, 0.15) is 10.7 Å². The number of nitrogens with zero attached hydrogens (tertiary/aromatic N) is 2. The SMILES string of the molecule is Nc1ccc(NS(=O)(=O)c2cccnc2)nc1. The fraction of sp³-hybridized carbons (Fsp3) is 0. The van der Waals surface area contributed by atoms with Crippen molar-refractivity contribution >= 4 is 21.5 Å². The molecule has 0 saturated heterocycles. The van der Waals surface area contributed by atoms with Crippen LogP contribution in [0.25, 0.3) is 0 Å². The van der Waals surface area contributed by atoms with Crippen LogP contribution in [0.1, 0.15) is 0 Å². The lowest BCUT2D eigenvalue weighted by Gasteiger charge is -2.06. The molecule has 6 nitrogen and oxygen atoms in total. The Morgan fingerprint density at radius 2 is 2.00 bits per heavy atom. The maximum absolute atomic E-state index is 11.9. The Hall–Kier alpha value is -2.15. The molecule has 0 atom stereocenters. The summed E-state index contributed by atoms with van der Waals surface area (Å²) < 4.78 is 26.1. The lowest BCUT2D eigenvalue weighted by atomic mass is 10.4. The minimum absolute atomic E-state index is 0.0821.